The van der Waals surface area contributed by atoms with E-state index in [4.69, 9.17) is 9.72 Å². The van der Waals surface area contributed by atoms with Crippen LogP contribution in [0.5, 0.6) is 5.75 Å². The molecule has 1 amide bonds. The molecule has 3 aromatic rings. The van der Waals surface area contributed by atoms with Crippen LogP contribution >= 0.6 is 23.1 Å². The van der Waals surface area contributed by atoms with E-state index < -0.39 is 0 Å². The van der Waals surface area contributed by atoms with Crippen molar-refractivity contribution in [2.45, 2.75) is 18.4 Å². The molecule has 0 saturated carbocycles. The highest BCUT2D eigenvalue weighted by Gasteiger charge is 2.24. The Labute approximate surface area is 192 Å². The smallest absolute Gasteiger partial charge is 0.255 e. The standard InChI is InChI=1S/C24H27N3O2S2/c1-3-30-22-7-5-4-6-20(22)24(28)27-14-12-26(13-15-27)16-23-25-21(17-31-23)18-8-10-19(29-2)11-9-18/h4-11,17H,3,12-16H2,1-2H3. The minimum Gasteiger partial charge on any atom is -0.497 e. The van der Waals surface area contributed by atoms with E-state index in [1.54, 1.807) is 30.2 Å². The zero-order valence-corrected chi connectivity index (χ0v) is 19.5. The van der Waals surface area contributed by atoms with E-state index in [0.29, 0.717) is 0 Å². The Balaban J connectivity index is 1.33. The zero-order chi connectivity index (χ0) is 21.6. The predicted molar refractivity (Wildman–Crippen MR) is 128 cm³/mol. The summed E-state index contributed by atoms with van der Waals surface area (Å²) in [5, 5.41) is 3.22. The van der Waals surface area contributed by atoms with Crippen molar-refractivity contribution in [3.63, 3.8) is 0 Å². The van der Waals surface area contributed by atoms with Gasteiger partial charge in [0.05, 0.1) is 24.9 Å². The van der Waals surface area contributed by atoms with Crippen LogP contribution in [-0.4, -0.2) is 59.7 Å². The highest BCUT2D eigenvalue weighted by Crippen LogP contribution is 2.26. The number of rotatable bonds is 7. The Kier molecular flexibility index (Phi) is 7.27. The van der Waals surface area contributed by atoms with Gasteiger partial charge in [-0.15, -0.1) is 23.1 Å². The average molecular weight is 454 g/mol. The molecule has 1 saturated heterocycles. The van der Waals surface area contributed by atoms with Crippen molar-refractivity contribution in [3.05, 3.63) is 64.5 Å². The Morgan fingerprint density at radius 3 is 2.55 bits per heavy atom. The van der Waals surface area contributed by atoms with Crippen molar-refractivity contribution < 1.29 is 9.53 Å². The normalized spacial score (nSPS) is 14.6. The second-order valence-corrected chi connectivity index (χ2v) is 9.60. The SMILES string of the molecule is CCSc1ccccc1C(=O)N1CCN(Cc2nc(-c3ccc(OC)cc3)cs2)CC1. The molecule has 1 aliphatic heterocycles. The molecule has 2 aromatic carbocycles. The molecule has 0 radical (unpaired) electrons. The second-order valence-electron chi connectivity index (χ2n) is 7.35. The first-order valence-electron chi connectivity index (χ1n) is 10.5. The van der Waals surface area contributed by atoms with Crippen LogP contribution in [0.15, 0.2) is 58.8 Å². The topological polar surface area (TPSA) is 45.7 Å². The molecule has 1 aromatic heterocycles. The van der Waals surface area contributed by atoms with Gasteiger partial charge in [-0.25, -0.2) is 4.98 Å². The Hall–Kier alpha value is -2.35. The molecule has 2 heterocycles. The van der Waals surface area contributed by atoms with E-state index in [1.807, 2.05) is 53.4 Å². The number of methoxy groups -OCH3 is 1. The highest BCUT2D eigenvalue weighted by atomic mass is 32.2. The first-order chi connectivity index (χ1) is 15.2. The Morgan fingerprint density at radius 1 is 1.10 bits per heavy atom. The third-order valence-electron chi connectivity index (χ3n) is 5.37. The number of thiazole rings is 1. The van der Waals surface area contributed by atoms with Gasteiger partial charge < -0.3 is 9.64 Å². The molecule has 31 heavy (non-hydrogen) atoms. The number of benzene rings is 2. The lowest BCUT2D eigenvalue weighted by Gasteiger charge is -2.34. The van der Waals surface area contributed by atoms with Crippen LogP contribution < -0.4 is 4.74 Å². The maximum absolute atomic E-state index is 13.0. The van der Waals surface area contributed by atoms with Crippen LogP contribution in [0.3, 0.4) is 0 Å². The minimum atomic E-state index is 0.146. The maximum atomic E-state index is 13.0. The number of thioether (sulfide) groups is 1. The summed E-state index contributed by atoms with van der Waals surface area (Å²) >= 11 is 3.42. The number of hydrogen-bond acceptors (Lipinski definition) is 6. The molecule has 1 aliphatic rings. The fourth-order valence-electron chi connectivity index (χ4n) is 3.67. The van der Waals surface area contributed by atoms with Gasteiger partial charge in [0.1, 0.15) is 10.8 Å². The summed E-state index contributed by atoms with van der Waals surface area (Å²) in [5.41, 5.74) is 2.93. The summed E-state index contributed by atoms with van der Waals surface area (Å²) in [6, 6.07) is 15.9. The van der Waals surface area contributed by atoms with Gasteiger partial charge in [-0.1, -0.05) is 19.1 Å². The maximum Gasteiger partial charge on any atom is 0.255 e. The molecule has 162 valence electrons. The van der Waals surface area contributed by atoms with E-state index in [9.17, 15) is 4.79 Å². The van der Waals surface area contributed by atoms with Crippen molar-refractivity contribution in [3.8, 4) is 17.0 Å². The summed E-state index contributed by atoms with van der Waals surface area (Å²) < 4.78 is 5.23. The van der Waals surface area contributed by atoms with Crippen LogP contribution in [0.1, 0.15) is 22.3 Å². The molecule has 0 atom stereocenters. The Morgan fingerprint density at radius 2 is 1.84 bits per heavy atom. The molecule has 5 nitrogen and oxygen atoms in total. The van der Waals surface area contributed by atoms with Crippen LogP contribution in [0.25, 0.3) is 11.3 Å². The van der Waals surface area contributed by atoms with E-state index in [2.05, 4.69) is 17.2 Å². The molecule has 0 bridgehead atoms. The molecule has 0 aliphatic carbocycles. The Bertz CT molecular complexity index is 1010. The third-order valence-corrected chi connectivity index (χ3v) is 7.16. The number of carbonyl (C=O) groups is 1. The molecule has 7 heteroatoms. The lowest BCUT2D eigenvalue weighted by molar-refractivity contribution is 0.0625. The van der Waals surface area contributed by atoms with E-state index in [-0.39, 0.29) is 5.91 Å². The van der Waals surface area contributed by atoms with Gasteiger partial charge in [0.15, 0.2) is 0 Å². The summed E-state index contributed by atoms with van der Waals surface area (Å²) in [5.74, 6) is 1.96. The largest absolute Gasteiger partial charge is 0.497 e. The first-order valence-corrected chi connectivity index (χ1v) is 12.4. The molecular formula is C24H27N3O2S2. The quantitative estimate of drug-likeness (QED) is 0.477. The van der Waals surface area contributed by atoms with Crippen molar-refractivity contribution in [2.75, 3.05) is 39.0 Å². The fraction of sp³-hybridized carbons (Fsp3) is 0.333. The van der Waals surface area contributed by atoms with Crippen LogP contribution in [0, 0.1) is 0 Å². The van der Waals surface area contributed by atoms with Gasteiger partial charge in [-0.3, -0.25) is 9.69 Å². The monoisotopic (exact) mass is 453 g/mol. The van der Waals surface area contributed by atoms with Crippen LogP contribution in [-0.2, 0) is 6.54 Å². The van der Waals surface area contributed by atoms with Gasteiger partial charge in [0, 0.05) is 42.0 Å². The number of aromatic nitrogens is 1. The third kappa shape index (κ3) is 5.29. The number of hydrogen-bond donors (Lipinski definition) is 0. The number of piperazine rings is 1. The van der Waals surface area contributed by atoms with Crippen LogP contribution in [0.2, 0.25) is 0 Å². The number of ether oxygens (including phenoxy) is 1. The van der Waals surface area contributed by atoms with Crippen molar-refractivity contribution in [1.82, 2.24) is 14.8 Å². The van der Waals surface area contributed by atoms with Gasteiger partial charge in [-0.2, -0.15) is 0 Å². The summed E-state index contributed by atoms with van der Waals surface area (Å²) in [4.78, 5) is 23.3. The fourth-order valence-corrected chi connectivity index (χ4v) is 5.31. The molecule has 0 unspecified atom stereocenters. The average Bonchev–Trinajstić information content (AvgIpc) is 3.28. The minimum absolute atomic E-state index is 0.146. The first kappa shape index (κ1) is 21.9. The van der Waals surface area contributed by atoms with E-state index in [1.165, 1.54) is 0 Å². The number of nitrogens with zero attached hydrogens (tertiary/aromatic N) is 3. The molecule has 0 spiro atoms. The van der Waals surface area contributed by atoms with E-state index in [0.717, 1.165) is 71.0 Å². The molecule has 1 fully saturated rings. The van der Waals surface area contributed by atoms with Crippen LogP contribution in [0.4, 0.5) is 0 Å². The lowest BCUT2D eigenvalue weighted by Crippen LogP contribution is -2.48. The van der Waals surface area contributed by atoms with Gasteiger partial charge in [0.2, 0.25) is 0 Å². The summed E-state index contributed by atoms with van der Waals surface area (Å²) in [7, 11) is 1.67. The number of carbonyl (C=O) groups excluding carboxylic acids is 1. The number of amides is 1. The van der Waals surface area contributed by atoms with Gasteiger partial charge >= 0.3 is 0 Å². The van der Waals surface area contributed by atoms with Crippen molar-refractivity contribution in [2.24, 2.45) is 0 Å². The van der Waals surface area contributed by atoms with Crippen molar-refractivity contribution in [1.29, 1.82) is 0 Å². The summed E-state index contributed by atoms with van der Waals surface area (Å²) in [6.07, 6.45) is 0. The van der Waals surface area contributed by atoms with E-state index >= 15 is 0 Å². The van der Waals surface area contributed by atoms with Gasteiger partial charge in [-0.05, 0) is 42.2 Å². The highest BCUT2D eigenvalue weighted by molar-refractivity contribution is 7.99. The van der Waals surface area contributed by atoms with Gasteiger partial charge in [0.25, 0.3) is 5.91 Å². The molecular weight excluding hydrogens is 426 g/mol. The van der Waals surface area contributed by atoms with Crippen molar-refractivity contribution >= 4 is 29.0 Å². The second kappa shape index (κ2) is 10.3. The predicted octanol–water partition coefficient (Wildman–Crippen LogP) is 4.89. The zero-order valence-electron chi connectivity index (χ0n) is 17.9. The molecule has 4 rings (SSSR count). The molecule has 0 N–H and O–H groups in total. The lowest BCUT2D eigenvalue weighted by atomic mass is 10.1. The summed E-state index contributed by atoms with van der Waals surface area (Å²) in [6.45, 7) is 6.17.